The van der Waals surface area contributed by atoms with Gasteiger partial charge >= 0.3 is 5.97 Å². The van der Waals surface area contributed by atoms with Crippen molar-refractivity contribution < 1.29 is 19.0 Å². The number of benzene rings is 1. The monoisotopic (exact) mass is 398 g/mol. The number of hydrogen-bond donors (Lipinski definition) is 2. The van der Waals surface area contributed by atoms with E-state index in [9.17, 15) is 4.79 Å². The van der Waals surface area contributed by atoms with Gasteiger partial charge in [-0.15, -0.1) is 0 Å². The largest absolute Gasteiger partial charge is 0.490 e. The quantitative estimate of drug-likeness (QED) is 0.539. The lowest BCUT2D eigenvalue weighted by Gasteiger charge is -2.35. The van der Waals surface area contributed by atoms with Crippen LogP contribution < -0.4 is 20.1 Å². The van der Waals surface area contributed by atoms with E-state index >= 15 is 0 Å². The van der Waals surface area contributed by atoms with Crippen molar-refractivity contribution in [2.45, 2.75) is 26.8 Å². The Morgan fingerprint density at radius 3 is 2.38 bits per heavy atom. The summed E-state index contributed by atoms with van der Waals surface area (Å²) in [6.07, 6.45) is 0. The third-order valence-electron chi connectivity index (χ3n) is 3.81. The number of carbonyl (C=O) groups is 1. The van der Waals surface area contributed by atoms with Gasteiger partial charge in [0.2, 0.25) is 0 Å². The number of esters is 1. The van der Waals surface area contributed by atoms with Crippen LogP contribution in [-0.4, -0.2) is 30.9 Å². The van der Waals surface area contributed by atoms with E-state index in [0.29, 0.717) is 46.1 Å². The van der Waals surface area contributed by atoms with Gasteiger partial charge in [0.15, 0.2) is 16.6 Å². The average Bonchev–Trinajstić information content (AvgIpc) is 2.57. The Balaban J connectivity index is 2.50. The maximum Gasteiger partial charge on any atom is 0.317 e. The molecule has 8 heteroatoms. The van der Waals surface area contributed by atoms with Gasteiger partial charge in [0.05, 0.1) is 25.9 Å². The van der Waals surface area contributed by atoms with Crippen LogP contribution in [0.3, 0.4) is 0 Å². The summed E-state index contributed by atoms with van der Waals surface area (Å²) in [5.74, 6) is -0.00109. The van der Waals surface area contributed by atoms with Crippen molar-refractivity contribution in [3.8, 4) is 11.5 Å². The zero-order valence-electron chi connectivity index (χ0n) is 15.1. The van der Waals surface area contributed by atoms with E-state index in [1.807, 2.05) is 13.8 Å². The summed E-state index contributed by atoms with van der Waals surface area (Å²) in [6, 6.07) is 2.92. The molecule has 0 bridgehead atoms. The van der Waals surface area contributed by atoms with Crippen LogP contribution in [0.25, 0.3) is 0 Å². The molecule has 1 heterocycles. The number of thiocarbonyl (C=S) groups is 1. The Labute approximate surface area is 163 Å². The van der Waals surface area contributed by atoms with Crippen LogP contribution in [0, 0.1) is 5.92 Å². The molecule has 26 heavy (non-hydrogen) atoms. The van der Waals surface area contributed by atoms with Crippen molar-refractivity contribution in [3.63, 3.8) is 0 Å². The number of ether oxygens (including phenoxy) is 3. The van der Waals surface area contributed by atoms with Crippen molar-refractivity contribution in [2.75, 3.05) is 19.8 Å². The molecule has 1 saturated heterocycles. The second-order valence-electron chi connectivity index (χ2n) is 5.52. The van der Waals surface area contributed by atoms with Gasteiger partial charge in [-0.3, -0.25) is 4.79 Å². The Morgan fingerprint density at radius 1 is 1.19 bits per heavy atom. The predicted octanol–water partition coefficient (Wildman–Crippen LogP) is 3.35. The first-order valence-corrected chi connectivity index (χ1v) is 9.23. The third kappa shape index (κ3) is 4.40. The van der Waals surface area contributed by atoms with E-state index in [4.69, 9.17) is 38.0 Å². The number of carbonyl (C=O) groups excluding carboxylic acids is 1. The lowest BCUT2D eigenvalue weighted by Crippen LogP contribution is -2.51. The summed E-state index contributed by atoms with van der Waals surface area (Å²) in [7, 11) is 0. The van der Waals surface area contributed by atoms with Crippen molar-refractivity contribution in [1.82, 2.24) is 10.6 Å². The molecular weight excluding hydrogens is 376 g/mol. The summed E-state index contributed by atoms with van der Waals surface area (Å²) >= 11 is 11.7. The number of rotatable bonds is 7. The normalized spacial score (nSPS) is 19.4. The minimum absolute atomic E-state index is 0.265. The molecule has 0 aliphatic carbocycles. The lowest BCUT2D eigenvalue weighted by molar-refractivity contribution is -0.147. The summed E-state index contributed by atoms with van der Waals surface area (Å²) in [5.41, 5.74) is 1.11. The second kappa shape index (κ2) is 9.09. The van der Waals surface area contributed by atoms with E-state index in [-0.39, 0.29) is 6.61 Å². The SMILES string of the molecule is C=C1NC(=S)NC(c2cc(OCC)c(OCC)cc2Cl)C1C(=O)OCC. The first-order valence-electron chi connectivity index (χ1n) is 8.44. The van der Waals surface area contributed by atoms with E-state index in [0.717, 1.165) is 0 Å². The molecule has 1 fully saturated rings. The van der Waals surface area contributed by atoms with Crippen LogP contribution >= 0.6 is 23.8 Å². The zero-order chi connectivity index (χ0) is 19.3. The Kier molecular flexibility index (Phi) is 7.11. The Bertz CT molecular complexity index is 711. The van der Waals surface area contributed by atoms with Crippen molar-refractivity contribution in [1.29, 1.82) is 0 Å². The van der Waals surface area contributed by atoms with Gasteiger partial charge in [-0.1, -0.05) is 18.2 Å². The molecule has 0 aromatic heterocycles. The van der Waals surface area contributed by atoms with Crippen molar-refractivity contribution >= 4 is 34.9 Å². The second-order valence-corrected chi connectivity index (χ2v) is 6.33. The third-order valence-corrected chi connectivity index (χ3v) is 4.35. The Morgan fingerprint density at radius 2 is 1.81 bits per heavy atom. The van der Waals surface area contributed by atoms with Crippen LogP contribution in [0.5, 0.6) is 11.5 Å². The summed E-state index contributed by atoms with van der Waals surface area (Å²) in [5, 5.41) is 6.77. The first kappa shape index (κ1) is 20.3. The maximum atomic E-state index is 12.5. The highest BCUT2D eigenvalue weighted by Gasteiger charge is 2.39. The van der Waals surface area contributed by atoms with E-state index in [1.54, 1.807) is 19.1 Å². The van der Waals surface area contributed by atoms with E-state index in [2.05, 4.69) is 17.2 Å². The molecule has 0 saturated carbocycles. The fourth-order valence-corrected chi connectivity index (χ4v) is 3.31. The standard InChI is InChI=1S/C18H23ClN2O4S/c1-5-23-13-8-11(12(19)9-14(13)24-6-2)16-15(17(22)25-7-3)10(4)20-18(26)21-16/h8-9,15-16H,4-7H2,1-3H3,(H2,20,21,26). The molecule has 1 aromatic carbocycles. The number of halogens is 1. The first-order chi connectivity index (χ1) is 12.4. The molecule has 2 unspecified atom stereocenters. The molecule has 2 rings (SSSR count). The van der Waals surface area contributed by atoms with Crippen LogP contribution in [0.4, 0.5) is 0 Å². The molecule has 142 valence electrons. The summed E-state index contributed by atoms with van der Waals surface area (Å²) in [4.78, 5) is 12.5. The Hall–Kier alpha value is -1.99. The summed E-state index contributed by atoms with van der Waals surface area (Å²) in [6.45, 7) is 10.6. The fourth-order valence-electron chi connectivity index (χ4n) is 2.78. The smallest absolute Gasteiger partial charge is 0.317 e. The van der Waals surface area contributed by atoms with Crippen LogP contribution in [0.1, 0.15) is 32.4 Å². The van der Waals surface area contributed by atoms with Gasteiger partial charge < -0.3 is 24.8 Å². The molecule has 1 aliphatic heterocycles. The molecule has 1 aromatic rings. The molecule has 0 amide bonds. The molecule has 1 aliphatic rings. The molecule has 2 N–H and O–H groups in total. The van der Waals surface area contributed by atoms with Gasteiger partial charge in [0.25, 0.3) is 0 Å². The van der Waals surface area contributed by atoms with Crippen LogP contribution in [0.2, 0.25) is 5.02 Å². The highest BCUT2D eigenvalue weighted by atomic mass is 35.5. The minimum Gasteiger partial charge on any atom is -0.490 e. The zero-order valence-corrected chi connectivity index (χ0v) is 16.6. The number of hydrogen-bond acceptors (Lipinski definition) is 5. The molecular formula is C18H23ClN2O4S. The number of nitrogens with one attached hydrogen (secondary N) is 2. The topological polar surface area (TPSA) is 68.8 Å². The summed E-state index contributed by atoms with van der Waals surface area (Å²) < 4.78 is 16.5. The van der Waals surface area contributed by atoms with Gasteiger partial charge in [-0.25, -0.2) is 0 Å². The fraction of sp³-hybridized carbons (Fsp3) is 0.444. The highest BCUT2D eigenvalue weighted by Crippen LogP contribution is 2.40. The van der Waals surface area contributed by atoms with E-state index in [1.165, 1.54) is 0 Å². The van der Waals surface area contributed by atoms with Gasteiger partial charge in [-0.05, 0) is 44.6 Å². The highest BCUT2D eigenvalue weighted by molar-refractivity contribution is 7.80. The lowest BCUT2D eigenvalue weighted by atomic mass is 9.89. The van der Waals surface area contributed by atoms with Gasteiger partial charge in [0, 0.05) is 16.8 Å². The molecule has 0 spiro atoms. The van der Waals surface area contributed by atoms with E-state index < -0.39 is 17.9 Å². The van der Waals surface area contributed by atoms with Crippen LogP contribution in [0.15, 0.2) is 24.4 Å². The van der Waals surface area contributed by atoms with Gasteiger partial charge in [0.1, 0.15) is 5.92 Å². The molecule has 6 nitrogen and oxygen atoms in total. The van der Waals surface area contributed by atoms with Crippen LogP contribution in [-0.2, 0) is 9.53 Å². The van der Waals surface area contributed by atoms with Crippen molar-refractivity contribution in [3.05, 3.63) is 35.0 Å². The molecule has 0 radical (unpaired) electrons. The van der Waals surface area contributed by atoms with Crippen molar-refractivity contribution in [2.24, 2.45) is 5.92 Å². The van der Waals surface area contributed by atoms with Gasteiger partial charge in [-0.2, -0.15) is 0 Å². The molecule has 2 atom stereocenters. The average molecular weight is 399 g/mol. The predicted molar refractivity (Wildman–Crippen MR) is 105 cm³/mol. The maximum absolute atomic E-state index is 12.5. The minimum atomic E-state index is -0.688.